The second kappa shape index (κ2) is 13.3. The molecule has 3 N–H and O–H groups in total. The van der Waals surface area contributed by atoms with Crippen LogP contribution in [-0.4, -0.2) is 66.7 Å². The summed E-state index contributed by atoms with van der Waals surface area (Å²) in [6.07, 6.45) is 5.90. The molecule has 8 heteroatoms. The summed E-state index contributed by atoms with van der Waals surface area (Å²) < 4.78 is 5.72. The number of aliphatic hydroxyl groups excluding tert-OH is 1. The van der Waals surface area contributed by atoms with Gasteiger partial charge in [-0.05, 0) is 62.0 Å². The summed E-state index contributed by atoms with van der Waals surface area (Å²) in [5, 5.41) is 16.6. The number of benzene rings is 1. The number of halogens is 1. The Kier molecular flexibility index (Phi) is 10.5. The van der Waals surface area contributed by atoms with Gasteiger partial charge in [-0.25, -0.2) is 0 Å². The molecule has 2 fully saturated rings. The first-order valence-corrected chi connectivity index (χ1v) is 11.9. The molecule has 1 unspecified atom stereocenters. The van der Waals surface area contributed by atoms with Gasteiger partial charge in [0.2, 0.25) is 0 Å². The van der Waals surface area contributed by atoms with Crippen LogP contribution in [-0.2, 0) is 13.1 Å². The Balaban J connectivity index is 0.00000306. The molecule has 1 aromatic carbocycles. The Labute approximate surface area is 214 Å². The molecule has 2 saturated heterocycles. The van der Waals surface area contributed by atoms with Crippen LogP contribution in [0, 0.1) is 0 Å². The summed E-state index contributed by atoms with van der Waals surface area (Å²) in [4.78, 5) is 9.31. The Hall–Kier alpha value is -1.62. The fraction of sp³-hybridized carbons (Fsp3) is 0.560. The van der Waals surface area contributed by atoms with Crippen LogP contribution in [0.25, 0.3) is 0 Å². The number of piperidine rings is 1. The van der Waals surface area contributed by atoms with Crippen LogP contribution in [0.3, 0.4) is 0 Å². The lowest BCUT2D eigenvalue weighted by molar-refractivity contribution is 0.0792. The molecular weight excluding hydrogens is 529 g/mol. The topological polar surface area (TPSA) is 76.3 Å². The van der Waals surface area contributed by atoms with Crippen LogP contribution in [0.4, 0.5) is 0 Å². The Morgan fingerprint density at radius 2 is 1.76 bits per heavy atom. The highest BCUT2D eigenvalue weighted by Crippen LogP contribution is 2.24. The van der Waals surface area contributed by atoms with Gasteiger partial charge in [0, 0.05) is 39.8 Å². The maximum Gasteiger partial charge on any atom is 0.191 e. The van der Waals surface area contributed by atoms with E-state index in [2.05, 4.69) is 55.8 Å². The van der Waals surface area contributed by atoms with Crippen molar-refractivity contribution in [3.05, 3.63) is 59.5 Å². The second-order valence-electron chi connectivity index (χ2n) is 8.90. The molecule has 0 radical (unpaired) electrons. The van der Waals surface area contributed by atoms with Crippen molar-refractivity contribution in [1.29, 1.82) is 0 Å². The highest BCUT2D eigenvalue weighted by molar-refractivity contribution is 14.0. The third-order valence-electron chi connectivity index (χ3n) is 6.59. The molecule has 1 aromatic heterocycles. The fourth-order valence-corrected chi connectivity index (χ4v) is 4.64. The van der Waals surface area contributed by atoms with Crippen molar-refractivity contribution >= 4 is 29.9 Å². The first-order chi connectivity index (χ1) is 15.7. The molecule has 0 saturated carbocycles. The zero-order valence-corrected chi connectivity index (χ0v) is 21.9. The van der Waals surface area contributed by atoms with Crippen molar-refractivity contribution in [2.75, 3.05) is 39.8 Å². The summed E-state index contributed by atoms with van der Waals surface area (Å²) in [6.45, 7) is 6.62. The Morgan fingerprint density at radius 3 is 2.39 bits per heavy atom. The average Bonchev–Trinajstić information content (AvgIpc) is 3.54. The number of nitrogens with one attached hydrogen (secondary N) is 2. The van der Waals surface area contributed by atoms with Crippen molar-refractivity contribution < 1.29 is 9.52 Å². The first-order valence-electron chi connectivity index (χ1n) is 11.9. The van der Waals surface area contributed by atoms with E-state index in [-0.39, 0.29) is 36.1 Å². The van der Waals surface area contributed by atoms with Crippen LogP contribution >= 0.6 is 24.0 Å². The smallest absolute Gasteiger partial charge is 0.191 e. The summed E-state index contributed by atoms with van der Waals surface area (Å²) in [5.41, 5.74) is 2.55. The third kappa shape index (κ3) is 7.70. The number of likely N-dealkylation sites (tertiary alicyclic amines) is 2. The predicted octanol–water partition coefficient (Wildman–Crippen LogP) is 3.36. The molecule has 33 heavy (non-hydrogen) atoms. The van der Waals surface area contributed by atoms with Gasteiger partial charge in [0.15, 0.2) is 5.96 Å². The number of hydrogen-bond acceptors (Lipinski definition) is 5. The van der Waals surface area contributed by atoms with Crippen LogP contribution in [0.5, 0.6) is 0 Å². The van der Waals surface area contributed by atoms with Gasteiger partial charge >= 0.3 is 0 Å². The molecule has 2 aliphatic heterocycles. The lowest BCUT2D eigenvalue weighted by Crippen LogP contribution is -2.42. The van der Waals surface area contributed by atoms with E-state index in [0.717, 1.165) is 70.4 Å². The van der Waals surface area contributed by atoms with Gasteiger partial charge in [0.1, 0.15) is 5.76 Å². The molecule has 0 aliphatic carbocycles. The molecule has 3 heterocycles. The molecule has 0 spiro atoms. The van der Waals surface area contributed by atoms with E-state index in [0.29, 0.717) is 0 Å². The number of guanidine groups is 1. The highest BCUT2D eigenvalue weighted by Gasteiger charge is 2.25. The summed E-state index contributed by atoms with van der Waals surface area (Å²) in [5.74, 6) is 1.81. The number of hydrogen-bond donors (Lipinski definition) is 3. The molecular formula is C25H38IN5O2. The molecule has 2 aliphatic rings. The Bertz CT molecular complexity index is 829. The number of aliphatic imine (C=N–C) groups is 1. The summed E-state index contributed by atoms with van der Waals surface area (Å²) in [6, 6.07) is 13.0. The summed E-state index contributed by atoms with van der Waals surface area (Å²) >= 11 is 0. The highest BCUT2D eigenvalue weighted by atomic mass is 127. The molecule has 182 valence electrons. The lowest BCUT2D eigenvalue weighted by atomic mass is 10.1. The predicted molar refractivity (Wildman–Crippen MR) is 143 cm³/mol. The molecule has 2 aromatic rings. The van der Waals surface area contributed by atoms with Crippen LogP contribution in [0.2, 0.25) is 0 Å². The minimum absolute atomic E-state index is 0. The van der Waals surface area contributed by atoms with Gasteiger partial charge in [-0.2, -0.15) is 0 Å². The number of furan rings is 1. The van der Waals surface area contributed by atoms with E-state index in [4.69, 9.17) is 4.42 Å². The van der Waals surface area contributed by atoms with Crippen LogP contribution < -0.4 is 10.6 Å². The van der Waals surface area contributed by atoms with Crippen molar-refractivity contribution in [2.24, 2.45) is 4.99 Å². The van der Waals surface area contributed by atoms with Gasteiger partial charge < -0.3 is 20.2 Å². The SMILES string of the molecule is CN=C(NCc1ccc(CN2CCC(O)CC2)cc1)NCC(c1ccco1)N1CCCC1.I. The lowest BCUT2D eigenvalue weighted by Gasteiger charge is -2.29. The number of aliphatic hydroxyl groups is 1. The van der Waals surface area contributed by atoms with Gasteiger partial charge in [-0.3, -0.25) is 14.8 Å². The normalized spacial score (nSPS) is 19.3. The largest absolute Gasteiger partial charge is 0.468 e. The van der Waals surface area contributed by atoms with E-state index in [1.165, 1.54) is 24.0 Å². The zero-order chi connectivity index (χ0) is 22.2. The van der Waals surface area contributed by atoms with Crippen molar-refractivity contribution in [3.63, 3.8) is 0 Å². The molecule has 0 bridgehead atoms. The van der Waals surface area contributed by atoms with E-state index >= 15 is 0 Å². The van der Waals surface area contributed by atoms with Crippen LogP contribution in [0.15, 0.2) is 52.1 Å². The molecule has 7 nitrogen and oxygen atoms in total. The monoisotopic (exact) mass is 567 g/mol. The van der Waals surface area contributed by atoms with E-state index in [9.17, 15) is 5.11 Å². The molecule has 4 rings (SSSR count). The third-order valence-corrected chi connectivity index (χ3v) is 6.59. The van der Waals surface area contributed by atoms with Crippen LogP contribution in [0.1, 0.15) is 48.6 Å². The van der Waals surface area contributed by atoms with E-state index < -0.39 is 0 Å². The minimum atomic E-state index is -0.118. The second-order valence-corrected chi connectivity index (χ2v) is 8.90. The van der Waals surface area contributed by atoms with E-state index in [1.54, 1.807) is 6.26 Å². The maximum atomic E-state index is 9.67. The standard InChI is InChI=1S/C25H37N5O2.HI/c1-26-25(28-18-23(24-5-4-16-32-24)30-12-2-3-13-30)27-17-20-6-8-21(9-7-20)19-29-14-10-22(31)11-15-29;/h4-9,16,22-23,31H,2-3,10-15,17-19H2,1H3,(H2,26,27,28);1H. The fourth-order valence-electron chi connectivity index (χ4n) is 4.64. The van der Waals surface area contributed by atoms with Crippen molar-refractivity contribution in [1.82, 2.24) is 20.4 Å². The van der Waals surface area contributed by atoms with E-state index in [1.807, 2.05) is 13.1 Å². The molecule has 0 amide bonds. The number of nitrogens with zero attached hydrogens (tertiary/aromatic N) is 3. The minimum Gasteiger partial charge on any atom is -0.468 e. The number of rotatable bonds is 8. The maximum absolute atomic E-state index is 9.67. The molecule has 1 atom stereocenters. The zero-order valence-electron chi connectivity index (χ0n) is 19.6. The average molecular weight is 568 g/mol. The van der Waals surface area contributed by atoms with Gasteiger partial charge in [-0.15, -0.1) is 24.0 Å². The first kappa shape index (κ1) is 26.0. The summed E-state index contributed by atoms with van der Waals surface area (Å²) in [7, 11) is 1.81. The van der Waals surface area contributed by atoms with Gasteiger partial charge in [0.25, 0.3) is 0 Å². The van der Waals surface area contributed by atoms with Crippen molar-refractivity contribution in [3.8, 4) is 0 Å². The van der Waals surface area contributed by atoms with Gasteiger partial charge in [-0.1, -0.05) is 24.3 Å². The quantitative estimate of drug-likeness (QED) is 0.258. The van der Waals surface area contributed by atoms with Gasteiger partial charge in [0.05, 0.1) is 18.4 Å². The Morgan fingerprint density at radius 1 is 1.06 bits per heavy atom. The van der Waals surface area contributed by atoms with Crippen molar-refractivity contribution in [2.45, 2.75) is 50.9 Å².